The summed E-state index contributed by atoms with van der Waals surface area (Å²) in [5.41, 5.74) is 1.24. The molecule has 1 aliphatic heterocycles. The standard InChI is InChI=1S/C25H31N3O5S2/c1-5-18-9-7-8-14-28(18)35(30,31)19-12-10-17(11-13-19)24(29)26-25-27(6-2)20-15-21(32-3)22(33-4)16-23(20)34-25/h10-13,15-16,18H,5-9,14H2,1-4H3. The van der Waals surface area contributed by atoms with Crippen LogP contribution >= 0.6 is 11.3 Å². The van der Waals surface area contributed by atoms with Gasteiger partial charge in [0.05, 0.1) is 29.3 Å². The van der Waals surface area contributed by atoms with E-state index in [-0.39, 0.29) is 10.9 Å². The summed E-state index contributed by atoms with van der Waals surface area (Å²) in [6.45, 7) is 5.16. The number of carbonyl (C=O) groups excluding carboxylic acids is 1. The molecule has 1 unspecified atom stereocenters. The molecule has 2 aromatic carbocycles. The van der Waals surface area contributed by atoms with Gasteiger partial charge in [-0.1, -0.05) is 24.7 Å². The van der Waals surface area contributed by atoms with E-state index in [0.717, 1.165) is 35.9 Å². The first kappa shape index (κ1) is 25.4. The second kappa shape index (κ2) is 10.5. The summed E-state index contributed by atoms with van der Waals surface area (Å²) in [6.07, 6.45) is 3.60. The van der Waals surface area contributed by atoms with Crippen molar-refractivity contribution in [3.8, 4) is 11.5 Å². The van der Waals surface area contributed by atoms with Gasteiger partial charge in [-0.25, -0.2) is 8.42 Å². The molecule has 2 heterocycles. The van der Waals surface area contributed by atoms with Gasteiger partial charge in [0.25, 0.3) is 5.91 Å². The highest BCUT2D eigenvalue weighted by Gasteiger charge is 2.32. The van der Waals surface area contributed by atoms with Crippen molar-refractivity contribution in [3.05, 3.63) is 46.8 Å². The minimum absolute atomic E-state index is 0.0276. The third-order valence-electron chi connectivity index (χ3n) is 6.45. The molecule has 0 N–H and O–H groups in total. The second-order valence-corrected chi connectivity index (χ2v) is 11.3. The van der Waals surface area contributed by atoms with E-state index in [1.54, 1.807) is 30.7 Å². The van der Waals surface area contributed by atoms with E-state index in [4.69, 9.17) is 9.47 Å². The number of rotatable bonds is 7. The molecule has 0 spiro atoms. The van der Waals surface area contributed by atoms with Gasteiger partial charge in [0, 0.05) is 36.8 Å². The molecule has 188 valence electrons. The number of nitrogens with zero attached hydrogens (tertiary/aromatic N) is 3. The maximum absolute atomic E-state index is 13.2. The molecular formula is C25H31N3O5S2. The Labute approximate surface area is 209 Å². The molecule has 0 aliphatic carbocycles. The SMILES string of the molecule is CCC1CCCCN1S(=O)(=O)c1ccc(C(=O)N=c2sc3cc(OC)c(OC)cc3n2CC)cc1. The van der Waals surface area contributed by atoms with Crippen LogP contribution in [0.4, 0.5) is 0 Å². The topological polar surface area (TPSA) is 90.2 Å². The van der Waals surface area contributed by atoms with Crippen LogP contribution in [-0.2, 0) is 16.6 Å². The first-order valence-electron chi connectivity index (χ1n) is 11.8. The molecule has 0 saturated carbocycles. The Morgan fingerprint density at radius 3 is 2.40 bits per heavy atom. The van der Waals surface area contributed by atoms with Crippen molar-refractivity contribution >= 4 is 37.5 Å². The number of carbonyl (C=O) groups is 1. The largest absolute Gasteiger partial charge is 0.493 e. The van der Waals surface area contributed by atoms with E-state index >= 15 is 0 Å². The maximum Gasteiger partial charge on any atom is 0.279 e. The highest BCUT2D eigenvalue weighted by atomic mass is 32.2. The van der Waals surface area contributed by atoms with Gasteiger partial charge in [0.15, 0.2) is 16.3 Å². The van der Waals surface area contributed by atoms with E-state index < -0.39 is 15.9 Å². The number of hydrogen-bond donors (Lipinski definition) is 0. The fraction of sp³-hybridized carbons (Fsp3) is 0.440. The molecule has 4 rings (SSSR count). The molecule has 1 aliphatic rings. The predicted molar refractivity (Wildman–Crippen MR) is 137 cm³/mol. The predicted octanol–water partition coefficient (Wildman–Crippen LogP) is 4.43. The lowest BCUT2D eigenvalue weighted by Gasteiger charge is -2.34. The van der Waals surface area contributed by atoms with Crippen LogP contribution in [0.25, 0.3) is 10.2 Å². The van der Waals surface area contributed by atoms with Crippen LogP contribution in [-0.4, -0.2) is 50.0 Å². The summed E-state index contributed by atoms with van der Waals surface area (Å²) < 4.78 is 41.7. The molecular weight excluding hydrogens is 486 g/mol. The first-order valence-corrected chi connectivity index (χ1v) is 14.1. The highest BCUT2D eigenvalue weighted by molar-refractivity contribution is 7.89. The zero-order valence-electron chi connectivity index (χ0n) is 20.5. The van der Waals surface area contributed by atoms with Crippen LogP contribution in [0.15, 0.2) is 46.3 Å². The van der Waals surface area contributed by atoms with Crippen molar-refractivity contribution in [1.82, 2.24) is 8.87 Å². The molecule has 1 fully saturated rings. The van der Waals surface area contributed by atoms with Crippen LogP contribution < -0.4 is 14.3 Å². The number of piperidine rings is 1. The first-order chi connectivity index (χ1) is 16.8. The molecule has 1 atom stereocenters. The monoisotopic (exact) mass is 517 g/mol. The third-order valence-corrected chi connectivity index (χ3v) is 9.46. The number of aryl methyl sites for hydroxylation is 1. The van der Waals surface area contributed by atoms with Crippen LogP contribution in [0.5, 0.6) is 11.5 Å². The Hall–Kier alpha value is -2.69. The third kappa shape index (κ3) is 4.87. The Morgan fingerprint density at radius 1 is 1.09 bits per heavy atom. The van der Waals surface area contributed by atoms with Gasteiger partial charge < -0.3 is 14.0 Å². The van der Waals surface area contributed by atoms with Crippen molar-refractivity contribution in [2.45, 2.75) is 57.0 Å². The Morgan fingerprint density at radius 2 is 1.77 bits per heavy atom. The smallest absolute Gasteiger partial charge is 0.279 e. The number of fused-ring (bicyclic) bond motifs is 1. The number of benzene rings is 2. The van der Waals surface area contributed by atoms with Gasteiger partial charge in [-0.2, -0.15) is 9.30 Å². The van der Waals surface area contributed by atoms with Gasteiger partial charge >= 0.3 is 0 Å². The highest BCUT2D eigenvalue weighted by Crippen LogP contribution is 2.33. The van der Waals surface area contributed by atoms with Crippen LogP contribution in [0, 0.1) is 0 Å². The maximum atomic E-state index is 13.2. The van der Waals surface area contributed by atoms with E-state index in [2.05, 4.69) is 4.99 Å². The summed E-state index contributed by atoms with van der Waals surface area (Å²) in [7, 11) is -0.437. The normalized spacial score (nSPS) is 17.6. The number of thiazole rings is 1. The average Bonchev–Trinajstić information content (AvgIpc) is 3.23. The minimum atomic E-state index is -3.60. The van der Waals surface area contributed by atoms with Gasteiger partial charge in [-0.05, 0) is 50.5 Å². The van der Waals surface area contributed by atoms with E-state index in [1.807, 2.05) is 30.5 Å². The zero-order valence-corrected chi connectivity index (χ0v) is 22.1. The van der Waals surface area contributed by atoms with Gasteiger partial charge in [-0.3, -0.25) is 4.79 Å². The molecule has 1 aromatic heterocycles. The van der Waals surface area contributed by atoms with Gasteiger partial charge in [0.2, 0.25) is 10.0 Å². The van der Waals surface area contributed by atoms with Crippen molar-refractivity contribution in [2.75, 3.05) is 20.8 Å². The fourth-order valence-electron chi connectivity index (χ4n) is 4.54. The average molecular weight is 518 g/mol. The second-order valence-electron chi connectivity index (χ2n) is 8.42. The lowest BCUT2D eigenvalue weighted by Crippen LogP contribution is -2.43. The summed E-state index contributed by atoms with van der Waals surface area (Å²) in [6, 6.07) is 9.87. The fourth-order valence-corrected chi connectivity index (χ4v) is 7.41. The van der Waals surface area contributed by atoms with Crippen LogP contribution in [0.1, 0.15) is 49.9 Å². The summed E-state index contributed by atoms with van der Waals surface area (Å²) in [5, 5.41) is 0. The number of aromatic nitrogens is 1. The Kier molecular flexibility index (Phi) is 7.63. The molecule has 0 radical (unpaired) electrons. The molecule has 1 saturated heterocycles. The number of sulfonamides is 1. The van der Waals surface area contributed by atoms with Gasteiger partial charge in [-0.15, -0.1) is 0 Å². The van der Waals surface area contributed by atoms with Crippen molar-refractivity contribution < 1.29 is 22.7 Å². The van der Waals surface area contributed by atoms with Crippen LogP contribution in [0.2, 0.25) is 0 Å². The summed E-state index contributed by atoms with van der Waals surface area (Å²) in [4.78, 5) is 18.1. The quantitative estimate of drug-likeness (QED) is 0.462. The molecule has 1 amide bonds. The van der Waals surface area contributed by atoms with Crippen molar-refractivity contribution in [1.29, 1.82) is 0 Å². The molecule has 3 aromatic rings. The van der Waals surface area contributed by atoms with Crippen molar-refractivity contribution in [3.63, 3.8) is 0 Å². The number of hydrogen-bond acceptors (Lipinski definition) is 6. The van der Waals surface area contributed by atoms with E-state index in [1.165, 1.54) is 23.5 Å². The Bertz CT molecular complexity index is 1390. The number of amides is 1. The number of ether oxygens (including phenoxy) is 2. The summed E-state index contributed by atoms with van der Waals surface area (Å²) in [5.74, 6) is 0.790. The zero-order chi connectivity index (χ0) is 25.2. The molecule has 8 nitrogen and oxygen atoms in total. The van der Waals surface area contributed by atoms with Crippen molar-refractivity contribution in [2.24, 2.45) is 4.99 Å². The Balaban J connectivity index is 1.66. The summed E-state index contributed by atoms with van der Waals surface area (Å²) >= 11 is 1.39. The minimum Gasteiger partial charge on any atom is -0.493 e. The molecule has 35 heavy (non-hydrogen) atoms. The van der Waals surface area contributed by atoms with Gasteiger partial charge in [0.1, 0.15) is 0 Å². The number of methoxy groups -OCH3 is 2. The van der Waals surface area contributed by atoms with E-state index in [0.29, 0.717) is 35.0 Å². The molecule has 0 bridgehead atoms. The lowest BCUT2D eigenvalue weighted by atomic mass is 10.0. The molecule has 10 heteroatoms. The lowest BCUT2D eigenvalue weighted by molar-refractivity contribution is 0.0997. The van der Waals surface area contributed by atoms with E-state index in [9.17, 15) is 13.2 Å². The van der Waals surface area contributed by atoms with Crippen LogP contribution in [0.3, 0.4) is 0 Å².